The molecule has 5 nitrogen and oxygen atoms in total. The molecule has 1 aromatic carbocycles. The van der Waals surface area contributed by atoms with Crippen molar-refractivity contribution in [3.8, 4) is 6.07 Å². The van der Waals surface area contributed by atoms with E-state index in [0.29, 0.717) is 13.1 Å². The highest BCUT2D eigenvalue weighted by Gasteiger charge is 2.35. The van der Waals surface area contributed by atoms with E-state index in [4.69, 9.17) is 5.26 Å². The number of benzene rings is 1. The predicted octanol–water partition coefficient (Wildman–Crippen LogP) is 1.27. The molecule has 0 aromatic heterocycles. The zero-order chi connectivity index (χ0) is 14.9. The standard InChI is InChI=1S/C14H19N3O2S/c1-11-9-17(10-12(2)16(11)3)20(18,19)14-7-5-4-6-13(14)8-15/h4-7,11-12H,9-10H2,1-3H3. The summed E-state index contributed by atoms with van der Waals surface area (Å²) in [6.45, 7) is 4.91. The molecule has 1 aliphatic heterocycles. The van der Waals surface area contributed by atoms with Crippen LogP contribution in [0.1, 0.15) is 19.4 Å². The Morgan fingerprint density at radius 3 is 2.30 bits per heavy atom. The van der Waals surface area contributed by atoms with Crippen LogP contribution in [-0.2, 0) is 10.0 Å². The van der Waals surface area contributed by atoms with E-state index < -0.39 is 10.0 Å². The first-order valence-corrected chi connectivity index (χ1v) is 8.03. The maximum atomic E-state index is 12.7. The second-order valence-corrected chi connectivity index (χ2v) is 7.20. The molecule has 0 N–H and O–H groups in total. The molecule has 1 fully saturated rings. The maximum Gasteiger partial charge on any atom is 0.244 e. The van der Waals surface area contributed by atoms with E-state index in [2.05, 4.69) is 4.90 Å². The average molecular weight is 293 g/mol. The second kappa shape index (κ2) is 5.52. The van der Waals surface area contributed by atoms with Crippen molar-refractivity contribution in [2.75, 3.05) is 20.1 Å². The molecule has 1 heterocycles. The van der Waals surface area contributed by atoms with Crippen LogP contribution in [0, 0.1) is 11.3 Å². The quantitative estimate of drug-likeness (QED) is 0.824. The number of sulfonamides is 1. The van der Waals surface area contributed by atoms with Gasteiger partial charge in [-0.05, 0) is 33.0 Å². The van der Waals surface area contributed by atoms with Gasteiger partial charge in [0.25, 0.3) is 0 Å². The normalized spacial score (nSPS) is 25.3. The molecular formula is C14H19N3O2S. The van der Waals surface area contributed by atoms with Crippen LogP contribution < -0.4 is 0 Å². The molecule has 2 atom stereocenters. The summed E-state index contributed by atoms with van der Waals surface area (Å²) in [4.78, 5) is 2.27. The van der Waals surface area contributed by atoms with E-state index in [0.717, 1.165) is 0 Å². The van der Waals surface area contributed by atoms with Gasteiger partial charge in [0.15, 0.2) is 0 Å². The first-order valence-electron chi connectivity index (χ1n) is 6.59. The Morgan fingerprint density at radius 1 is 1.20 bits per heavy atom. The molecule has 2 rings (SSSR count). The summed E-state index contributed by atoms with van der Waals surface area (Å²) in [5.74, 6) is 0. The van der Waals surface area contributed by atoms with E-state index in [1.807, 2.05) is 27.0 Å². The van der Waals surface area contributed by atoms with Crippen molar-refractivity contribution in [3.05, 3.63) is 29.8 Å². The molecule has 0 bridgehead atoms. The fraction of sp³-hybridized carbons (Fsp3) is 0.500. The third kappa shape index (κ3) is 2.57. The van der Waals surface area contributed by atoms with Gasteiger partial charge >= 0.3 is 0 Å². The van der Waals surface area contributed by atoms with Crippen LogP contribution in [0.5, 0.6) is 0 Å². The van der Waals surface area contributed by atoms with E-state index in [9.17, 15) is 8.42 Å². The Hall–Kier alpha value is -1.42. The summed E-state index contributed by atoms with van der Waals surface area (Å²) in [5.41, 5.74) is 0.201. The van der Waals surface area contributed by atoms with Crippen molar-refractivity contribution < 1.29 is 8.42 Å². The van der Waals surface area contributed by atoms with Crippen molar-refractivity contribution in [2.45, 2.75) is 30.8 Å². The third-order valence-electron chi connectivity index (χ3n) is 3.95. The monoisotopic (exact) mass is 293 g/mol. The van der Waals surface area contributed by atoms with E-state index in [-0.39, 0.29) is 22.5 Å². The summed E-state index contributed by atoms with van der Waals surface area (Å²) >= 11 is 0. The molecule has 108 valence electrons. The van der Waals surface area contributed by atoms with Crippen LogP contribution in [0.25, 0.3) is 0 Å². The Labute approximate surface area is 120 Å². The van der Waals surface area contributed by atoms with E-state index in [1.165, 1.54) is 16.4 Å². The van der Waals surface area contributed by atoms with Crippen molar-refractivity contribution in [1.29, 1.82) is 5.26 Å². The predicted molar refractivity (Wildman–Crippen MR) is 76.6 cm³/mol. The van der Waals surface area contributed by atoms with Crippen LogP contribution in [0.2, 0.25) is 0 Å². The number of hydrogen-bond acceptors (Lipinski definition) is 4. The fourth-order valence-corrected chi connectivity index (χ4v) is 4.22. The highest BCUT2D eigenvalue weighted by Crippen LogP contribution is 2.24. The molecule has 0 spiro atoms. The molecule has 1 aliphatic rings. The lowest BCUT2D eigenvalue weighted by Crippen LogP contribution is -2.56. The molecule has 1 aromatic rings. The van der Waals surface area contributed by atoms with Crippen LogP contribution in [0.3, 0.4) is 0 Å². The average Bonchev–Trinajstić information content (AvgIpc) is 2.44. The molecule has 2 unspecified atom stereocenters. The number of rotatable bonds is 2. The van der Waals surface area contributed by atoms with Crippen LogP contribution in [-0.4, -0.2) is 49.8 Å². The largest absolute Gasteiger partial charge is 0.298 e. The van der Waals surface area contributed by atoms with Gasteiger partial charge in [0.1, 0.15) is 6.07 Å². The molecular weight excluding hydrogens is 274 g/mol. The van der Waals surface area contributed by atoms with E-state index in [1.54, 1.807) is 12.1 Å². The van der Waals surface area contributed by atoms with Gasteiger partial charge < -0.3 is 0 Å². The fourth-order valence-electron chi connectivity index (χ4n) is 2.48. The Morgan fingerprint density at radius 2 is 1.75 bits per heavy atom. The van der Waals surface area contributed by atoms with Gasteiger partial charge in [-0.3, -0.25) is 4.90 Å². The molecule has 0 amide bonds. The van der Waals surface area contributed by atoms with E-state index >= 15 is 0 Å². The van der Waals surface area contributed by atoms with Crippen molar-refractivity contribution >= 4 is 10.0 Å². The zero-order valence-electron chi connectivity index (χ0n) is 11.9. The van der Waals surface area contributed by atoms with Gasteiger partial charge in [0.05, 0.1) is 10.5 Å². The molecule has 0 saturated carbocycles. The highest BCUT2D eigenvalue weighted by molar-refractivity contribution is 7.89. The maximum absolute atomic E-state index is 12.7. The number of hydrogen-bond donors (Lipinski definition) is 0. The Bertz CT molecular complexity index is 624. The van der Waals surface area contributed by atoms with Gasteiger partial charge in [0, 0.05) is 25.2 Å². The molecule has 20 heavy (non-hydrogen) atoms. The molecule has 0 radical (unpaired) electrons. The lowest BCUT2D eigenvalue weighted by Gasteiger charge is -2.41. The number of piperazine rings is 1. The zero-order valence-corrected chi connectivity index (χ0v) is 12.8. The van der Waals surface area contributed by atoms with Gasteiger partial charge in [-0.25, -0.2) is 8.42 Å². The summed E-state index contributed by atoms with van der Waals surface area (Å²) < 4.78 is 26.9. The molecule has 6 heteroatoms. The summed E-state index contributed by atoms with van der Waals surface area (Å²) in [7, 11) is -1.61. The summed E-state index contributed by atoms with van der Waals surface area (Å²) in [6.07, 6.45) is 0. The van der Waals surface area contributed by atoms with Crippen molar-refractivity contribution in [2.24, 2.45) is 0 Å². The smallest absolute Gasteiger partial charge is 0.244 e. The van der Waals surface area contributed by atoms with Crippen LogP contribution in [0.4, 0.5) is 0 Å². The second-order valence-electron chi connectivity index (χ2n) is 5.29. The van der Waals surface area contributed by atoms with Crippen LogP contribution in [0.15, 0.2) is 29.2 Å². The van der Waals surface area contributed by atoms with Crippen LogP contribution >= 0.6 is 0 Å². The number of nitrogens with zero attached hydrogens (tertiary/aromatic N) is 3. The third-order valence-corrected chi connectivity index (χ3v) is 5.84. The van der Waals surface area contributed by atoms with Gasteiger partial charge in [0.2, 0.25) is 10.0 Å². The van der Waals surface area contributed by atoms with Crippen molar-refractivity contribution in [1.82, 2.24) is 9.21 Å². The molecule has 0 aliphatic carbocycles. The molecule has 1 saturated heterocycles. The van der Waals surface area contributed by atoms with Gasteiger partial charge in [-0.1, -0.05) is 12.1 Å². The summed E-state index contributed by atoms with van der Waals surface area (Å²) in [6, 6.07) is 8.63. The topological polar surface area (TPSA) is 64.4 Å². The van der Waals surface area contributed by atoms with Gasteiger partial charge in [-0.2, -0.15) is 9.57 Å². The number of likely N-dealkylation sites (N-methyl/N-ethyl adjacent to an activating group) is 1. The lowest BCUT2D eigenvalue weighted by atomic mass is 10.1. The van der Waals surface area contributed by atoms with Crippen molar-refractivity contribution in [3.63, 3.8) is 0 Å². The minimum Gasteiger partial charge on any atom is -0.298 e. The number of nitriles is 1. The first-order chi connectivity index (χ1) is 9.37. The SMILES string of the molecule is CC1CN(S(=O)(=O)c2ccccc2C#N)CC(C)N1C. The first kappa shape index (κ1) is 15.0. The summed E-state index contributed by atoms with van der Waals surface area (Å²) in [5, 5.41) is 9.08. The Balaban J connectivity index is 2.39. The lowest BCUT2D eigenvalue weighted by molar-refractivity contribution is 0.105. The van der Waals surface area contributed by atoms with Gasteiger partial charge in [-0.15, -0.1) is 0 Å². The minimum absolute atomic E-state index is 0.103. The highest BCUT2D eigenvalue weighted by atomic mass is 32.2. The minimum atomic E-state index is -3.61. The Kier molecular flexibility index (Phi) is 4.14.